The Labute approximate surface area is 97.8 Å². The molecule has 2 nitrogen and oxygen atoms in total. The van der Waals surface area contributed by atoms with Crippen LogP contribution in [0.3, 0.4) is 0 Å². The summed E-state index contributed by atoms with van der Waals surface area (Å²) in [6.45, 7) is 1.80. The van der Waals surface area contributed by atoms with E-state index < -0.39 is 0 Å². The van der Waals surface area contributed by atoms with Gasteiger partial charge in [-0.1, -0.05) is 40.2 Å². The summed E-state index contributed by atoms with van der Waals surface area (Å²) in [7, 11) is 0. The molecule has 0 spiro atoms. The van der Waals surface area contributed by atoms with Gasteiger partial charge in [0, 0.05) is 23.8 Å². The largest absolute Gasteiger partial charge is 0.310 e. The van der Waals surface area contributed by atoms with Crippen LogP contribution in [0.4, 0.5) is 0 Å². The Balaban J connectivity index is 2.16. The fraction of sp³-hybridized carbons (Fsp3) is 0.250. The van der Waals surface area contributed by atoms with Crippen LogP contribution in [0.5, 0.6) is 0 Å². The lowest BCUT2D eigenvalue weighted by molar-refractivity contribution is 0.720. The number of hydrogen-bond donors (Lipinski definition) is 1. The van der Waals surface area contributed by atoms with Crippen molar-refractivity contribution in [1.82, 2.24) is 10.3 Å². The minimum absolute atomic E-state index is 0.830. The Morgan fingerprint density at radius 3 is 2.87 bits per heavy atom. The third-order valence-corrected chi connectivity index (χ3v) is 2.63. The summed E-state index contributed by atoms with van der Waals surface area (Å²) in [4.78, 5) is 4.57. The molecule has 2 rings (SSSR count). The molecule has 1 aromatic carbocycles. The second-order valence-electron chi connectivity index (χ2n) is 3.36. The van der Waals surface area contributed by atoms with Crippen LogP contribution in [0.2, 0.25) is 0 Å². The number of hydrogen-bond acceptors (Lipinski definition) is 2. The summed E-state index contributed by atoms with van der Waals surface area (Å²) in [5, 5.41) is 5.48. The van der Waals surface area contributed by atoms with Crippen molar-refractivity contribution >= 4 is 26.8 Å². The van der Waals surface area contributed by atoms with Crippen LogP contribution in [0.25, 0.3) is 10.9 Å². The van der Waals surface area contributed by atoms with Gasteiger partial charge in [0.2, 0.25) is 0 Å². The molecular weight excluding hydrogens is 252 g/mol. The van der Waals surface area contributed by atoms with E-state index in [0.717, 1.165) is 29.6 Å². The highest BCUT2D eigenvalue weighted by Gasteiger charge is 1.96. The zero-order valence-electron chi connectivity index (χ0n) is 8.41. The van der Waals surface area contributed by atoms with Gasteiger partial charge in [-0.25, -0.2) is 0 Å². The zero-order chi connectivity index (χ0) is 10.5. The Morgan fingerprint density at radius 1 is 1.13 bits per heavy atom. The van der Waals surface area contributed by atoms with Gasteiger partial charge in [0.15, 0.2) is 0 Å². The predicted octanol–water partition coefficient (Wildman–Crippen LogP) is 2.72. The van der Waals surface area contributed by atoms with Gasteiger partial charge < -0.3 is 5.32 Å². The van der Waals surface area contributed by atoms with E-state index >= 15 is 0 Å². The van der Waals surface area contributed by atoms with E-state index in [-0.39, 0.29) is 0 Å². The summed E-state index contributed by atoms with van der Waals surface area (Å²) in [5.74, 6) is 0. The molecule has 0 radical (unpaired) electrons. The molecule has 15 heavy (non-hydrogen) atoms. The van der Waals surface area contributed by atoms with Gasteiger partial charge in [-0.2, -0.15) is 0 Å². The maximum Gasteiger partial charge on any atom is 0.0705 e. The van der Waals surface area contributed by atoms with E-state index in [1.165, 1.54) is 5.39 Å². The number of fused-ring (bicyclic) bond motifs is 1. The van der Waals surface area contributed by atoms with Gasteiger partial charge in [-0.05, 0) is 12.1 Å². The van der Waals surface area contributed by atoms with E-state index in [2.05, 4.69) is 44.4 Å². The highest BCUT2D eigenvalue weighted by Crippen LogP contribution is 2.11. The minimum Gasteiger partial charge on any atom is -0.310 e. The predicted molar refractivity (Wildman–Crippen MR) is 67.2 cm³/mol. The van der Waals surface area contributed by atoms with E-state index in [0.29, 0.717) is 0 Å². The van der Waals surface area contributed by atoms with Crippen LogP contribution < -0.4 is 5.32 Å². The molecule has 0 aliphatic carbocycles. The normalized spacial score (nSPS) is 10.7. The summed E-state index contributed by atoms with van der Waals surface area (Å²) < 4.78 is 0. The van der Waals surface area contributed by atoms with Gasteiger partial charge in [0.25, 0.3) is 0 Å². The lowest BCUT2D eigenvalue weighted by Gasteiger charge is -2.03. The number of nitrogens with zero attached hydrogens (tertiary/aromatic N) is 1. The van der Waals surface area contributed by atoms with Crippen molar-refractivity contribution in [2.45, 2.75) is 6.54 Å². The molecule has 3 heteroatoms. The Bertz CT molecular complexity index is 442. The SMILES string of the molecule is BrCCNCc1ccc2ccccc2n1. The zero-order valence-corrected chi connectivity index (χ0v) is 10.00. The molecule has 0 amide bonds. The minimum atomic E-state index is 0.830. The Kier molecular flexibility index (Phi) is 3.69. The van der Waals surface area contributed by atoms with Gasteiger partial charge in [-0.15, -0.1) is 0 Å². The Hall–Kier alpha value is -0.930. The summed E-state index contributed by atoms with van der Waals surface area (Å²) in [5.41, 5.74) is 2.16. The quantitative estimate of drug-likeness (QED) is 0.679. The summed E-state index contributed by atoms with van der Waals surface area (Å²) in [6.07, 6.45) is 0. The number of rotatable bonds is 4. The Morgan fingerprint density at radius 2 is 2.00 bits per heavy atom. The molecule has 78 valence electrons. The van der Waals surface area contributed by atoms with E-state index in [9.17, 15) is 0 Å². The second-order valence-corrected chi connectivity index (χ2v) is 4.15. The first-order valence-corrected chi connectivity index (χ1v) is 6.13. The number of aromatic nitrogens is 1. The van der Waals surface area contributed by atoms with Gasteiger partial charge in [-0.3, -0.25) is 4.98 Å². The van der Waals surface area contributed by atoms with Crippen LogP contribution in [0.15, 0.2) is 36.4 Å². The van der Waals surface area contributed by atoms with Crippen LogP contribution in [-0.4, -0.2) is 16.9 Å². The molecule has 1 heterocycles. The third kappa shape index (κ3) is 2.76. The van der Waals surface area contributed by atoms with Gasteiger partial charge in [0.1, 0.15) is 0 Å². The summed E-state index contributed by atoms with van der Waals surface area (Å²) in [6, 6.07) is 12.4. The molecule has 0 aliphatic heterocycles. The standard InChI is InChI=1S/C12H13BrN2/c13-7-8-14-9-11-6-5-10-3-1-2-4-12(10)15-11/h1-6,14H,7-9H2. The van der Waals surface area contributed by atoms with Crippen molar-refractivity contribution in [2.75, 3.05) is 11.9 Å². The van der Waals surface area contributed by atoms with Crippen molar-refractivity contribution < 1.29 is 0 Å². The molecular formula is C12H13BrN2. The second kappa shape index (κ2) is 5.24. The number of para-hydroxylation sites is 1. The van der Waals surface area contributed by atoms with Crippen LogP contribution >= 0.6 is 15.9 Å². The molecule has 0 bridgehead atoms. The van der Waals surface area contributed by atoms with Crippen LogP contribution in [0, 0.1) is 0 Å². The van der Waals surface area contributed by atoms with Crippen molar-refractivity contribution in [3.63, 3.8) is 0 Å². The number of nitrogens with one attached hydrogen (secondary N) is 1. The lowest BCUT2D eigenvalue weighted by Crippen LogP contribution is -2.16. The maximum absolute atomic E-state index is 4.57. The molecule has 0 saturated carbocycles. The molecule has 0 aliphatic rings. The fourth-order valence-electron chi connectivity index (χ4n) is 1.49. The monoisotopic (exact) mass is 264 g/mol. The van der Waals surface area contributed by atoms with E-state index in [4.69, 9.17) is 0 Å². The topological polar surface area (TPSA) is 24.9 Å². The lowest BCUT2D eigenvalue weighted by atomic mass is 10.2. The molecule has 0 unspecified atom stereocenters. The number of halogens is 1. The third-order valence-electron chi connectivity index (χ3n) is 2.23. The first-order chi connectivity index (χ1) is 7.40. The number of pyridine rings is 1. The molecule has 0 atom stereocenters. The first kappa shape index (κ1) is 10.6. The van der Waals surface area contributed by atoms with Crippen molar-refractivity contribution in [1.29, 1.82) is 0 Å². The maximum atomic E-state index is 4.57. The van der Waals surface area contributed by atoms with E-state index in [1.54, 1.807) is 0 Å². The average Bonchev–Trinajstić information content (AvgIpc) is 2.29. The highest BCUT2D eigenvalue weighted by atomic mass is 79.9. The van der Waals surface area contributed by atoms with Crippen LogP contribution in [-0.2, 0) is 6.54 Å². The van der Waals surface area contributed by atoms with Crippen LogP contribution in [0.1, 0.15) is 5.69 Å². The smallest absolute Gasteiger partial charge is 0.0705 e. The number of alkyl halides is 1. The molecule has 0 saturated heterocycles. The molecule has 1 aromatic heterocycles. The highest BCUT2D eigenvalue weighted by molar-refractivity contribution is 9.09. The van der Waals surface area contributed by atoms with Crippen molar-refractivity contribution in [3.05, 3.63) is 42.1 Å². The fourth-order valence-corrected chi connectivity index (χ4v) is 1.77. The average molecular weight is 265 g/mol. The van der Waals surface area contributed by atoms with Gasteiger partial charge >= 0.3 is 0 Å². The molecule has 0 fully saturated rings. The first-order valence-electron chi connectivity index (χ1n) is 5.01. The van der Waals surface area contributed by atoms with Crippen molar-refractivity contribution in [2.24, 2.45) is 0 Å². The van der Waals surface area contributed by atoms with E-state index in [1.807, 2.05) is 18.2 Å². The molecule has 1 N–H and O–H groups in total. The molecule has 2 aromatic rings. The van der Waals surface area contributed by atoms with Crippen molar-refractivity contribution in [3.8, 4) is 0 Å². The number of benzene rings is 1. The summed E-state index contributed by atoms with van der Waals surface area (Å²) >= 11 is 3.38. The van der Waals surface area contributed by atoms with Gasteiger partial charge in [0.05, 0.1) is 11.2 Å².